The minimum atomic E-state index is 0.0737. The van der Waals surface area contributed by atoms with Crippen LogP contribution in [0, 0.1) is 5.92 Å². The minimum Gasteiger partial charge on any atom is -0.379 e. The summed E-state index contributed by atoms with van der Waals surface area (Å²) in [6.45, 7) is 7.73. The molecule has 3 N–H and O–H groups in total. The quantitative estimate of drug-likeness (QED) is 0.643. The molecule has 0 aromatic rings. The smallest absolute Gasteiger partial charge is 0.0661 e. The van der Waals surface area contributed by atoms with Crippen molar-refractivity contribution in [2.75, 3.05) is 26.3 Å². The van der Waals surface area contributed by atoms with Crippen LogP contribution < -0.4 is 11.1 Å². The highest BCUT2D eigenvalue weighted by molar-refractivity contribution is 4.92. The van der Waals surface area contributed by atoms with E-state index >= 15 is 0 Å². The maximum atomic E-state index is 5.71. The predicted octanol–water partition coefficient (Wildman–Crippen LogP) is 0.350. The molecular formula is C9H20N2O. The molecule has 1 unspecified atom stereocenters. The second-order valence-corrected chi connectivity index (χ2v) is 4.06. The lowest BCUT2D eigenvalue weighted by atomic mass is 9.98. The van der Waals surface area contributed by atoms with E-state index in [0.29, 0.717) is 12.5 Å². The molecule has 0 aliphatic carbocycles. The van der Waals surface area contributed by atoms with Crippen LogP contribution in [-0.4, -0.2) is 31.8 Å². The van der Waals surface area contributed by atoms with Crippen LogP contribution >= 0.6 is 0 Å². The highest BCUT2D eigenvalue weighted by Crippen LogP contribution is 2.17. The molecule has 0 aromatic carbocycles. The van der Waals surface area contributed by atoms with Gasteiger partial charge in [0.05, 0.1) is 12.1 Å². The minimum absolute atomic E-state index is 0.0737. The molecule has 0 aromatic heterocycles. The Morgan fingerprint density at radius 2 is 2.33 bits per heavy atom. The van der Waals surface area contributed by atoms with Gasteiger partial charge in [-0.1, -0.05) is 13.8 Å². The zero-order chi connectivity index (χ0) is 9.03. The summed E-state index contributed by atoms with van der Waals surface area (Å²) in [5.74, 6) is 0.675. The molecule has 1 aliphatic rings. The molecule has 0 spiro atoms. The van der Waals surface area contributed by atoms with E-state index in [1.807, 2.05) is 0 Å². The first-order valence-corrected chi connectivity index (χ1v) is 4.71. The van der Waals surface area contributed by atoms with E-state index in [-0.39, 0.29) is 5.54 Å². The molecule has 1 atom stereocenters. The first kappa shape index (κ1) is 9.96. The van der Waals surface area contributed by atoms with Gasteiger partial charge < -0.3 is 15.8 Å². The van der Waals surface area contributed by atoms with E-state index in [9.17, 15) is 0 Å². The van der Waals surface area contributed by atoms with Gasteiger partial charge in [0.25, 0.3) is 0 Å². The lowest BCUT2D eigenvalue weighted by Gasteiger charge is -2.28. The highest BCUT2D eigenvalue weighted by Gasteiger charge is 2.32. The summed E-state index contributed by atoms with van der Waals surface area (Å²) in [6.07, 6.45) is 1.05. The van der Waals surface area contributed by atoms with Crippen molar-refractivity contribution in [2.24, 2.45) is 11.7 Å². The zero-order valence-corrected chi connectivity index (χ0v) is 8.10. The molecule has 12 heavy (non-hydrogen) atoms. The van der Waals surface area contributed by atoms with Crippen LogP contribution in [0.5, 0.6) is 0 Å². The van der Waals surface area contributed by atoms with Gasteiger partial charge in [-0.2, -0.15) is 0 Å². The summed E-state index contributed by atoms with van der Waals surface area (Å²) in [4.78, 5) is 0. The van der Waals surface area contributed by atoms with Gasteiger partial charge in [-0.15, -0.1) is 0 Å². The molecule has 1 heterocycles. The molecule has 0 amide bonds. The average molecular weight is 172 g/mol. The van der Waals surface area contributed by atoms with E-state index in [4.69, 9.17) is 10.5 Å². The second-order valence-electron chi connectivity index (χ2n) is 4.06. The lowest BCUT2D eigenvalue weighted by molar-refractivity contribution is 0.167. The molecule has 3 heteroatoms. The molecule has 0 radical (unpaired) electrons. The van der Waals surface area contributed by atoms with Gasteiger partial charge in [0.2, 0.25) is 0 Å². The van der Waals surface area contributed by atoms with Crippen LogP contribution in [0.15, 0.2) is 0 Å². The average Bonchev–Trinajstić information content (AvgIpc) is 2.50. The molecule has 1 saturated heterocycles. The Labute approximate surface area is 74.7 Å². The van der Waals surface area contributed by atoms with Crippen molar-refractivity contribution in [1.29, 1.82) is 0 Å². The number of nitrogens with two attached hydrogens (primary N) is 1. The normalized spacial score (nSPS) is 30.0. The van der Waals surface area contributed by atoms with Gasteiger partial charge in [0.1, 0.15) is 0 Å². The van der Waals surface area contributed by atoms with E-state index in [1.165, 1.54) is 0 Å². The molecule has 72 valence electrons. The third-order valence-electron chi connectivity index (χ3n) is 2.38. The fourth-order valence-corrected chi connectivity index (χ4v) is 1.40. The van der Waals surface area contributed by atoms with Crippen molar-refractivity contribution < 1.29 is 4.74 Å². The van der Waals surface area contributed by atoms with Crippen molar-refractivity contribution in [2.45, 2.75) is 25.8 Å². The zero-order valence-electron chi connectivity index (χ0n) is 8.10. The van der Waals surface area contributed by atoms with Gasteiger partial charge in [-0.3, -0.25) is 0 Å². The maximum absolute atomic E-state index is 5.71. The number of ether oxygens (including phenoxy) is 1. The molecule has 3 nitrogen and oxygen atoms in total. The van der Waals surface area contributed by atoms with Crippen molar-refractivity contribution in [3.8, 4) is 0 Å². The summed E-state index contributed by atoms with van der Waals surface area (Å²) in [5, 5.41) is 3.49. The summed E-state index contributed by atoms with van der Waals surface area (Å²) in [5.41, 5.74) is 5.79. The molecule has 1 fully saturated rings. The number of rotatable bonds is 4. The van der Waals surface area contributed by atoms with Crippen LogP contribution in [0.4, 0.5) is 0 Å². The third-order valence-corrected chi connectivity index (χ3v) is 2.38. The van der Waals surface area contributed by atoms with Crippen molar-refractivity contribution in [3.05, 3.63) is 0 Å². The van der Waals surface area contributed by atoms with Gasteiger partial charge in [0, 0.05) is 13.2 Å². The first-order valence-electron chi connectivity index (χ1n) is 4.71. The van der Waals surface area contributed by atoms with Crippen LogP contribution in [0.1, 0.15) is 20.3 Å². The van der Waals surface area contributed by atoms with Crippen molar-refractivity contribution >= 4 is 0 Å². The van der Waals surface area contributed by atoms with E-state index < -0.39 is 0 Å². The second kappa shape index (κ2) is 4.21. The monoisotopic (exact) mass is 172 g/mol. The Balaban J connectivity index is 2.34. The van der Waals surface area contributed by atoms with Gasteiger partial charge in [-0.25, -0.2) is 0 Å². The fraction of sp³-hybridized carbons (Fsp3) is 1.00. The summed E-state index contributed by atoms with van der Waals surface area (Å²) < 4.78 is 5.34. The number of hydrogen-bond acceptors (Lipinski definition) is 3. The van der Waals surface area contributed by atoms with Crippen LogP contribution in [0.25, 0.3) is 0 Å². The Hall–Kier alpha value is -0.120. The molecule has 0 saturated carbocycles. The van der Waals surface area contributed by atoms with Crippen LogP contribution in [0.2, 0.25) is 0 Å². The Kier molecular flexibility index (Phi) is 3.50. The summed E-state index contributed by atoms with van der Waals surface area (Å²) in [6, 6.07) is 0. The lowest BCUT2D eigenvalue weighted by Crippen LogP contribution is -2.52. The fourth-order valence-electron chi connectivity index (χ4n) is 1.40. The Morgan fingerprint density at radius 3 is 2.75 bits per heavy atom. The molecule has 1 rings (SSSR count). The maximum Gasteiger partial charge on any atom is 0.0661 e. The Morgan fingerprint density at radius 1 is 1.58 bits per heavy atom. The standard InChI is InChI=1S/C9H20N2O/c1-8(2)5-11-9(6-10)3-4-12-7-9/h8,11H,3-7,10H2,1-2H3. The van der Waals surface area contributed by atoms with Crippen molar-refractivity contribution in [3.63, 3.8) is 0 Å². The SMILES string of the molecule is CC(C)CNC1(CN)CCOC1. The molecule has 1 aliphatic heterocycles. The van der Waals surface area contributed by atoms with Crippen LogP contribution in [0.3, 0.4) is 0 Å². The number of hydrogen-bond donors (Lipinski definition) is 2. The van der Waals surface area contributed by atoms with E-state index in [2.05, 4.69) is 19.2 Å². The van der Waals surface area contributed by atoms with Gasteiger partial charge in [0.15, 0.2) is 0 Å². The van der Waals surface area contributed by atoms with Crippen molar-refractivity contribution in [1.82, 2.24) is 5.32 Å². The first-order chi connectivity index (χ1) is 5.68. The van der Waals surface area contributed by atoms with E-state index in [0.717, 1.165) is 26.2 Å². The largest absolute Gasteiger partial charge is 0.379 e. The van der Waals surface area contributed by atoms with E-state index in [1.54, 1.807) is 0 Å². The predicted molar refractivity (Wildman–Crippen MR) is 50.1 cm³/mol. The highest BCUT2D eigenvalue weighted by atomic mass is 16.5. The number of nitrogens with one attached hydrogen (secondary N) is 1. The Bertz CT molecular complexity index is 130. The summed E-state index contributed by atoms with van der Waals surface area (Å²) >= 11 is 0. The van der Waals surface area contributed by atoms with Gasteiger partial charge in [-0.05, 0) is 18.9 Å². The summed E-state index contributed by atoms with van der Waals surface area (Å²) in [7, 11) is 0. The molecule has 0 bridgehead atoms. The topological polar surface area (TPSA) is 47.3 Å². The van der Waals surface area contributed by atoms with Crippen LogP contribution in [-0.2, 0) is 4.74 Å². The van der Waals surface area contributed by atoms with Gasteiger partial charge >= 0.3 is 0 Å². The molecular weight excluding hydrogens is 152 g/mol. The third kappa shape index (κ3) is 2.44.